The summed E-state index contributed by atoms with van der Waals surface area (Å²) in [6.07, 6.45) is 2.73. The Labute approximate surface area is 111 Å². The first-order valence-electron chi connectivity index (χ1n) is 5.61. The number of benzene rings is 1. The van der Waals surface area contributed by atoms with Crippen molar-refractivity contribution in [3.05, 3.63) is 51.4 Å². The fraction of sp³-hybridized carbons (Fsp3) is 0.308. The Bertz CT molecular complexity index is 455. The van der Waals surface area contributed by atoms with Crippen molar-refractivity contribution in [1.82, 2.24) is 10.3 Å². The van der Waals surface area contributed by atoms with Crippen LogP contribution in [-0.2, 0) is 13.0 Å². The first-order chi connectivity index (χ1) is 8.24. The van der Waals surface area contributed by atoms with Crippen LogP contribution in [0.4, 0.5) is 0 Å². The van der Waals surface area contributed by atoms with E-state index in [0.29, 0.717) is 6.04 Å². The molecule has 0 fully saturated rings. The highest BCUT2D eigenvalue weighted by Gasteiger charge is 2.05. The van der Waals surface area contributed by atoms with Crippen LogP contribution in [0.3, 0.4) is 0 Å². The van der Waals surface area contributed by atoms with Crippen molar-refractivity contribution >= 4 is 22.9 Å². The molecule has 0 aliphatic rings. The van der Waals surface area contributed by atoms with Crippen LogP contribution in [0.25, 0.3) is 0 Å². The Morgan fingerprint density at radius 1 is 1.35 bits per heavy atom. The zero-order chi connectivity index (χ0) is 12.1. The lowest BCUT2D eigenvalue weighted by Gasteiger charge is -2.12. The van der Waals surface area contributed by atoms with Gasteiger partial charge >= 0.3 is 0 Å². The van der Waals surface area contributed by atoms with Gasteiger partial charge in [0.15, 0.2) is 0 Å². The number of nitrogens with one attached hydrogen (secondary N) is 1. The average molecular weight is 267 g/mol. The van der Waals surface area contributed by atoms with Gasteiger partial charge in [-0.15, -0.1) is 11.3 Å². The molecule has 0 saturated carbocycles. The fourth-order valence-electron chi connectivity index (χ4n) is 1.67. The van der Waals surface area contributed by atoms with Crippen LogP contribution in [0.15, 0.2) is 36.5 Å². The Hall–Kier alpha value is -0.900. The van der Waals surface area contributed by atoms with E-state index in [-0.39, 0.29) is 0 Å². The third kappa shape index (κ3) is 4.11. The molecule has 1 N–H and O–H groups in total. The van der Waals surface area contributed by atoms with Crippen LogP contribution in [0.1, 0.15) is 17.5 Å². The Morgan fingerprint density at radius 3 is 2.76 bits per heavy atom. The molecule has 2 aromatic rings. The summed E-state index contributed by atoms with van der Waals surface area (Å²) in [7, 11) is 0. The number of hydrogen-bond acceptors (Lipinski definition) is 3. The van der Waals surface area contributed by atoms with Gasteiger partial charge in [-0.2, -0.15) is 0 Å². The SMILES string of the molecule is CC(Cc1ccccc1)NCc1ncc(Cl)s1. The van der Waals surface area contributed by atoms with Crippen LogP contribution < -0.4 is 5.32 Å². The maximum Gasteiger partial charge on any atom is 0.113 e. The van der Waals surface area contributed by atoms with E-state index in [1.165, 1.54) is 16.9 Å². The molecule has 1 unspecified atom stereocenters. The molecule has 1 atom stereocenters. The highest BCUT2D eigenvalue weighted by atomic mass is 35.5. The lowest BCUT2D eigenvalue weighted by molar-refractivity contribution is 0.544. The van der Waals surface area contributed by atoms with Crippen LogP contribution in [-0.4, -0.2) is 11.0 Å². The maximum absolute atomic E-state index is 5.83. The monoisotopic (exact) mass is 266 g/mol. The van der Waals surface area contributed by atoms with E-state index < -0.39 is 0 Å². The molecule has 17 heavy (non-hydrogen) atoms. The van der Waals surface area contributed by atoms with Crippen LogP contribution >= 0.6 is 22.9 Å². The van der Waals surface area contributed by atoms with Crippen molar-refractivity contribution in [2.24, 2.45) is 0 Å². The Kier molecular flexibility index (Phi) is 4.54. The zero-order valence-corrected chi connectivity index (χ0v) is 11.3. The van der Waals surface area contributed by atoms with E-state index in [0.717, 1.165) is 22.3 Å². The minimum absolute atomic E-state index is 0.431. The molecule has 1 aromatic heterocycles. The van der Waals surface area contributed by atoms with Crippen molar-refractivity contribution in [2.75, 3.05) is 0 Å². The third-order valence-corrected chi connectivity index (χ3v) is 3.63. The Morgan fingerprint density at radius 2 is 2.12 bits per heavy atom. The van der Waals surface area contributed by atoms with Gasteiger partial charge in [0.2, 0.25) is 0 Å². The first-order valence-corrected chi connectivity index (χ1v) is 6.81. The summed E-state index contributed by atoms with van der Waals surface area (Å²) in [6, 6.07) is 10.9. The molecule has 2 rings (SSSR count). The molecule has 0 aliphatic heterocycles. The number of rotatable bonds is 5. The van der Waals surface area contributed by atoms with Crippen molar-refractivity contribution < 1.29 is 0 Å². The van der Waals surface area contributed by atoms with Crippen LogP contribution in [0.2, 0.25) is 4.34 Å². The van der Waals surface area contributed by atoms with Crippen LogP contribution in [0, 0.1) is 0 Å². The summed E-state index contributed by atoms with van der Waals surface area (Å²) >= 11 is 7.36. The molecule has 2 nitrogen and oxygen atoms in total. The maximum atomic E-state index is 5.83. The highest BCUT2D eigenvalue weighted by Crippen LogP contribution is 2.18. The Balaban J connectivity index is 1.80. The minimum Gasteiger partial charge on any atom is -0.308 e. The summed E-state index contributed by atoms with van der Waals surface area (Å²) < 4.78 is 0.748. The van der Waals surface area contributed by atoms with E-state index in [1.54, 1.807) is 6.20 Å². The van der Waals surface area contributed by atoms with E-state index in [2.05, 4.69) is 41.5 Å². The molecule has 4 heteroatoms. The molecule has 90 valence electrons. The van der Waals surface area contributed by atoms with E-state index in [9.17, 15) is 0 Å². The van der Waals surface area contributed by atoms with Gasteiger partial charge in [-0.25, -0.2) is 4.98 Å². The number of nitrogens with zero attached hydrogens (tertiary/aromatic N) is 1. The van der Waals surface area contributed by atoms with Gasteiger partial charge in [-0.05, 0) is 18.9 Å². The van der Waals surface area contributed by atoms with Gasteiger partial charge < -0.3 is 5.32 Å². The molecule has 1 heterocycles. The lowest BCUT2D eigenvalue weighted by atomic mass is 10.1. The lowest BCUT2D eigenvalue weighted by Crippen LogP contribution is -2.27. The smallest absolute Gasteiger partial charge is 0.113 e. The van der Waals surface area contributed by atoms with Gasteiger partial charge in [-0.3, -0.25) is 0 Å². The number of hydrogen-bond donors (Lipinski definition) is 1. The van der Waals surface area contributed by atoms with Crippen LogP contribution in [0.5, 0.6) is 0 Å². The highest BCUT2D eigenvalue weighted by molar-refractivity contribution is 7.15. The second kappa shape index (κ2) is 6.15. The van der Waals surface area contributed by atoms with E-state index >= 15 is 0 Å². The fourth-order valence-corrected chi connectivity index (χ4v) is 2.58. The number of thiazole rings is 1. The van der Waals surface area contributed by atoms with Gasteiger partial charge in [0.05, 0.1) is 6.20 Å². The largest absolute Gasteiger partial charge is 0.308 e. The summed E-state index contributed by atoms with van der Waals surface area (Å²) in [5.74, 6) is 0. The predicted octanol–water partition coefficient (Wildman–Crippen LogP) is 3.52. The molecular weight excluding hydrogens is 252 g/mol. The van der Waals surface area contributed by atoms with Crippen molar-refractivity contribution in [3.63, 3.8) is 0 Å². The van der Waals surface area contributed by atoms with E-state index in [4.69, 9.17) is 11.6 Å². The summed E-state index contributed by atoms with van der Waals surface area (Å²) in [5.41, 5.74) is 1.35. The van der Waals surface area contributed by atoms with E-state index in [1.807, 2.05) is 6.07 Å². The van der Waals surface area contributed by atoms with Gasteiger partial charge in [0.1, 0.15) is 9.34 Å². The predicted molar refractivity (Wildman–Crippen MR) is 73.6 cm³/mol. The first kappa shape index (κ1) is 12.6. The number of aromatic nitrogens is 1. The normalized spacial score (nSPS) is 12.6. The van der Waals surface area contributed by atoms with Gasteiger partial charge in [0.25, 0.3) is 0 Å². The molecule has 0 aliphatic carbocycles. The number of halogens is 1. The summed E-state index contributed by atoms with van der Waals surface area (Å²) in [5, 5.41) is 4.49. The second-order valence-corrected chi connectivity index (χ2v) is 5.78. The van der Waals surface area contributed by atoms with Crippen molar-refractivity contribution in [3.8, 4) is 0 Å². The molecule has 0 bridgehead atoms. The molecular formula is C13H15ClN2S. The molecule has 0 radical (unpaired) electrons. The summed E-state index contributed by atoms with van der Waals surface area (Å²) in [4.78, 5) is 4.22. The molecule has 1 aromatic carbocycles. The topological polar surface area (TPSA) is 24.9 Å². The third-order valence-electron chi connectivity index (χ3n) is 2.51. The molecule has 0 amide bonds. The standard InChI is InChI=1S/C13H15ClN2S/c1-10(7-11-5-3-2-4-6-11)15-9-13-16-8-12(14)17-13/h2-6,8,10,15H,7,9H2,1H3. The summed E-state index contributed by atoms with van der Waals surface area (Å²) in [6.45, 7) is 2.97. The second-order valence-electron chi connectivity index (χ2n) is 4.03. The molecule has 0 saturated heterocycles. The van der Waals surface area contributed by atoms with Gasteiger partial charge in [0, 0.05) is 12.6 Å². The van der Waals surface area contributed by atoms with Crippen molar-refractivity contribution in [2.45, 2.75) is 25.9 Å². The van der Waals surface area contributed by atoms with Gasteiger partial charge in [-0.1, -0.05) is 41.9 Å². The average Bonchev–Trinajstić information content (AvgIpc) is 2.74. The zero-order valence-electron chi connectivity index (χ0n) is 9.69. The quantitative estimate of drug-likeness (QED) is 0.896. The molecule has 0 spiro atoms. The van der Waals surface area contributed by atoms with Crippen molar-refractivity contribution in [1.29, 1.82) is 0 Å². The minimum atomic E-state index is 0.431.